The number of aliphatic imine (C=N–C) groups is 1. The van der Waals surface area contributed by atoms with Gasteiger partial charge in [0.2, 0.25) is 5.17 Å². The monoisotopic (exact) mass is 236 g/mol. The van der Waals surface area contributed by atoms with Crippen molar-refractivity contribution in [2.45, 2.75) is 20.3 Å². The van der Waals surface area contributed by atoms with Crippen LogP contribution in [0.5, 0.6) is 0 Å². The fraction of sp³-hybridized carbons (Fsp3) is 0.375. The highest BCUT2D eigenvalue weighted by Crippen LogP contribution is 2.11. The molecule has 4 nitrogen and oxygen atoms in total. The van der Waals surface area contributed by atoms with E-state index in [1.54, 1.807) is 6.08 Å². The van der Waals surface area contributed by atoms with Crippen molar-refractivity contribution in [3.8, 4) is 0 Å². The van der Waals surface area contributed by atoms with Crippen molar-refractivity contribution in [3.05, 3.63) is 33.1 Å². The van der Waals surface area contributed by atoms with Gasteiger partial charge in [0.1, 0.15) is 5.16 Å². The second kappa shape index (κ2) is 6.56. The van der Waals surface area contributed by atoms with Crippen molar-refractivity contribution in [1.29, 1.82) is 0 Å². The van der Waals surface area contributed by atoms with Gasteiger partial charge in [0, 0.05) is 0 Å². The van der Waals surface area contributed by atoms with E-state index in [9.17, 15) is 10.1 Å². The van der Waals surface area contributed by atoms with E-state index in [1.807, 2.05) is 6.92 Å². The second-order valence-electron chi connectivity index (χ2n) is 2.27. The third-order valence-corrected chi connectivity index (χ3v) is 1.78. The van der Waals surface area contributed by atoms with Crippen LogP contribution in [0.1, 0.15) is 20.3 Å². The first-order chi connectivity index (χ1) is 6.52. The Morgan fingerprint density at radius 3 is 2.50 bits per heavy atom. The first-order valence-corrected chi connectivity index (χ1v) is 4.69. The Hall–Kier alpha value is -0.870. The Balaban J connectivity index is 4.84. The number of halogens is 2. The van der Waals surface area contributed by atoms with Gasteiger partial charge in [-0.05, 0) is 25.5 Å². The van der Waals surface area contributed by atoms with Crippen LogP contribution in [0.25, 0.3) is 0 Å². The minimum atomic E-state index is -0.609. The summed E-state index contributed by atoms with van der Waals surface area (Å²) < 4.78 is 0. The van der Waals surface area contributed by atoms with Crippen LogP contribution in [0.15, 0.2) is 28.0 Å². The van der Waals surface area contributed by atoms with E-state index in [0.717, 1.165) is 0 Å². The molecule has 0 aromatic carbocycles. The van der Waals surface area contributed by atoms with E-state index in [2.05, 4.69) is 4.99 Å². The topological polar surface area (TPSA) is 55.5 Å². The van der Waals surface area contributed by atoms with E-state index in [1.165, 1.54) is 13.0 Å². The molecule has 0 saturated carbocycles. The van der Waals surface area contributed by atoms with Gasteiger partial charge in [0.15, 0.2) is 0 Å². The SMILES string of the molecule is C\C=C(/C(Cl)=N\C(Cl)=C/CC)[N+](=O)[O-]. The summed E-state index contributed by atoms with van der Waals surface area (Å²) in [6, 6.07) is 0. The molecule has 6 heteroatoms. The molecule has 0 aliphatic heterocycles. The van der Waals surface area contributed by atoms with Crippen LogP contribution in [0.3, 0.4) is 0 Å². The maximum Gasteiger partial charge on any atom is 0.302 e. The number of nitrogens with zero attached hydrogens (tertiary/aromatic N) is 2. The molecule has 0 saturated heterocycles. The summed E-state index contributed by atoms with van der Waals surface area (Å²) in [7, 11) is 0. The van der Waals surface area contributed by atoms with Crippen LogP contribution in [0.2, 0.25) is 0 Å². The normalized spacial score (nSPS) is 14.4. The van der Waals surface area contributed by atoms with Crippen LogP contribution >= 0.6 is 23.2 Å². The molecule has 0 heterocycles. The predicted molar refractivity (Wildman–Crippen MR) is 58.3 cm³/mol. The third kappa shape index (κ3) is 4.39. The van der Waals surface area contributed by atoms with Crippen molar-refractivity contribution in [2.24, 2.45) is 4.99 Å². The van der Waals surface area contributed by atoms with Gasteiger partial charge in [-0.15, -0.1) is 0 Å². The minimum Gasteiger partial charge on any atom is -0.258 e. The Morgan fingerprint density at radius 1 is 1.57 bits per heavy atom. The first kappa shape index (κ1) is 13.1. The van der Waals surface area contributed by atoms with Crippen molar-refractivity contribution in [2.75, 3.05) is 0 Å². The Bertz CT molecular complexity index is 308. The molecule has 0 aromatic rings. The predicted octanol–water partition coefficient (Wildman–Crippen LogP) is 3.29. The standard InChI is InChI=1S/C8H10Cl2N2O2/c1-3-5-7(9)11-8(10)6(4-2)12(13)14/h4-5H,3H2,1-2H3/b6-4+,7-5-,11-8+. The van der Waals surface area contributed by atoms with Crippen molar-refractivity contribution >= 4 is 28.4 Å². The summed E-state index contributed by atoms with van der Waals surface area (Å²) in [6.07, 6.45) is 3.56. The van der Waals surface area contributed by atoms with Gasteiger partial charge in [0.25, 0.3) is 0 Å². The zero-order valence-corrected chi connectivity index (χ0v) is 9.34. The molecule has 0 aliphatic carbocycles. The van der Waals surface area contributed by atoms with Gasteiger partial charge >= 0.3 is 5.70 Å². The number of allylic oxidation sites excluding steroid dienone is 3. The number of rotatable bonds is 4. The molecule has 0 amide bonds. The van der Waals surface area contributed by atoms with Crippen LogP contribution in [0, 0.1) is 10.1 Å². The summed E-state index contributed by atoms with van der Waals surface area (Å²) in [4.78, 5) is 13.5. The molecule has 0 fully saturated rings. The summed E-state index contributed by atoms with van der Waals surface area (Å²) in [5, 5.41) is 10.4. The molecule has 0 atom stereocenters. The van der Waals surface area contributed by atoms with Gasteiger partial charge in [-0.3, -0.25) is 10.1 Å². The van der Waals surface area contributed by atoms with Gasteiger partial charge < -0.3 is 0 Å². The van der Waals surface area contributed by atoms with Crippen LogP contribution in [0.4, 0.5) is 0 Å². The Labute approximate surface area is 92.1 Å². The molecular formula is C8H10Cl2N2O2. The van der Waals surface area contributed by atoms with E-state index in [4.69, 9.17) is 23.2 Å². The van der Waals surface area contributed by atoms with Crippen molar-refractivity contribution in [3.63, 3.8) is 0 Å². The fourth-order valence-corrected chi connectivity index (χ4v) is 1.22. The molecule has 0 spiro atoms. The largest absolute Gasteiger partial charge is 0.302 e. The average Bonchev–Trinajstić information content (AvgIpc) is 2.04. The summed E-state index contributed by atoms with van der Waals surface area (Å²) >= 11 is 11.2. The molecule has 0 bridgehead atoms. The van der Waals surface area contributed by atoms with Gasteiger partial charge in [-0.25, -0.2) is 4.99 Å². The highest BCUT2D eigenvalue weighted by atomic mass is 35.5. The molecule has 0 unspecified atom stereocenters. The molecule has 0 N–H and O–H groups in total. The van der Waals surface area contributed by atoms with Crippen LogP contribution in [-0.4, -0.2) is 10.1 Å². The molecular weight excluding hydrogens is 227 g/mol. The zero-order chi connectivity index (χ0) is 11.1. The lowest BCUT2D eigenvalue weighted by molar-refractivity contribution is -0.414. The average molecular weight is 237 g/mol. The maximum absolute atomic E-state index is 10.4. The third-order valence-electron chi connectivity index (χ3n) is 1.26. The van der Waals surface area contributed by atoms with E-state index >= 15 is 0 Å². The summed E-state index contributed by atoms with van der Waals surface area (Å²) in [6.45, 7) is 3.38. The first-order valence-electron chi connectivity index (χ1n) is 3.93. The molecule has 0 aliphatic rings. The van der Waals surface area contributed by atoms with E-state index in [-0.39, 0.29) is 16.0 Å². The van der Waals surface area contributed by atoms with E-state index < -0.39 is 4.92 Å². The highest BCUT2D eigenvalue weighted by Gasteiger charge is 2.15. The van der Waals surface area contributed by atoms with Crippen LogP contribution in [-0.2, 0) is 0 Å². The van der Waals surface area contributed by atoms with Gasteiger partial charge in [-0.2, -0.15) is 0 Å². The maximum atomic E-state index is 10.4. The second-order valence-corrected chi connectivity index (χ2v) is 3.01. The number of nitro groups is 1. The molecule has 14 heavy (non-hydrogen) atoms. The minimum absolute atomic E-state index is 0.152. The highest BCUT2D eigenvalue weighted by molar-refractivity contribution is 6.69. The fourth-order valence-electron chi connectivity index (χ4n) is 0.665. The molecule has 0 rings (SSSR count). The van der Waals surface area contributed by atoms with Gasteiger partial charge in [-0.1, -0.05) is 30.1 Å². The number of hydrogen-bond donors (Lipinski definition) is 0. The van der Waals surface area contributed by atoms with Crippen molar-refractivity contribution < 1.29 is 4.92 Å². The molecule has 0 radical (unpaired) electrons. The molecule has 78 valence electrons. The lowest BCUT2D eigenvalue weighted by Gasteiger charge is -1.94. The lowest BCUT2D eigenvalue weighted by atomic mass is 10.4. The Kier molecular flexibility index (Phi) is 6.16. The molecule has 0 aromatic heterocycles. The zero-order valence-electron chi connectivity index (χ0n) is 7.83. The lowest BCUT2D eigenvalue weighted by Crippen LogP contribution is -2.05. The smallest absolute Gasteiger partial charge is 0.258 e. The summed E-state index contributed by atoms with van der Waals surface area (Å²) in [5.41, 5.74) is -0.255. The van der Waals surface area contributed by atoms with Crippen LogP contribution < -0.4 is 0 Å². The van der Waals surface area contributed by atoms with Crippen molar-refractivity contribution in [1.82, 2.24) is 0 Å². The van der Waals surface area contributed by atoms with Gasteiger partial charge in [0.05, 0.1) is 4.92 Å². The summed E-state index contributed by atoms with van der Waals surface area (Å²) in [5.74, 6) is 0. The Morgan fingerprint density at radius 2 is 2.14 bits per heavy atom. The number of hydrogen-bond acceptors (Lipinski definition) is 3. The van der Waals surface area contributed by atoms with E-state index in [0.29, 0.717) is 6.42 Å². The quantitative estimate of drug-likeness (QED) is 0.326.